The summed E-state index contributed by atoms with van der Waals surface area (Å²) in [6.45, 7) is 5.50. The summed E-state index contributed by atoms with van der Waals surface area (Å²) >= 11 is 1.63. The number of fused-ring (bicyclic) bond motifs is 1. The van der Waals surface area contributed by atoms with Crippen LogP contribution in [0.4, 0.5) is 5.82 Å². The Labute approximate surface area is 156 Å². The van der Waals surface area contributed by atoms with Gasteiger partial charge in [-0.05, 0) is 36.4 Å². The van der Waals surface area contributed by atoms with Gasteiger partial charge in [0.05, 0.1) is 0 Å². The molecule has 7 nitrogen and oxygen atoms in total. The second-order valence-corrected chi connectivity index (χ2v) is 7.70. The van der Waals surface area contributed by atoms with Crippen LogP contribution >= 0.6 is 11.3 Å². The summed E-state index contributed by atoms with van der Waals surface area (Å²) < 4.78 is 1.78. The molecule has 4 heterocycles. The van der Waals surface area contributed by atoms with Gasteiger partial charge in [-0.3, -0.25) is 4.79 Å². The van der Waals surface area contributed by atoms with E-state index in [4.69, 9.17) is 0 Å². The van der Waals surface area contributed by atoms with Crippen LogP contribution in [0.15, 0.2) is 29.0 Å². The molecule has 0 spiro atoms. The number of amides is 1. The van der Waals surface area contributed by atoms with Crippen molar-refractivity contribution >= 4 is 28.7 Å². The van der Waals surface area contributed by atoms with Crippen LogP contribution < -0.4 is 5.32 Å². The van der Waals surface area contributed by atoms with Crippen molar-refractivity contribution in [2.24, 2.45) is 5.92 Å². The van der Waals surface area contributed by atoms with Crippen molar-refractivity contribution in [2.75, 3.05) is 18.4 Å². The number of hydrogen-bond acceptors (Lipinski definition) is 6. The van der Waals surface area contributed by atoms with Crippen LogP contribution in [0.5, 0.6) is 0 Å². The molecule has 3 aromatic heterocycles. The van der Waals surface area contributed by atoms with E-state index < -0.39 is 0 Å². The lowest BCUT2D eigenvalue weighted by Crippen LogP contribution is -2.44. The highest BCUT2D eigenvalue weighted by atomic mass is 32.1. The fourth-order valence-electron chi connectivity index (χ4n) is 3.26. The predicted molar refractivity (Wildman–Crippen MR) is 102 cm³/mol. The number of anilines is 1. The third kappa shape index (κ3) is 3.29. The summed E-state index contributed by atoms with van der Waals surface area (Å²) in [6.07, 6.45) is 1.86. The Bertz CT molecular complexity index is 896. The number of piperidine rings is 1. The maximum absolute atomic E-state index is 12.1. The highest BCUT2D eigenvalue weighted by Gasteiger charge is 2.24. The molecule has 0 aliphatic carbocycles. The smallest absolute Gasteiger partial charge is 0.225 e. The first-order valence-electron chi connectivity index (χ1n) is 8.92. The Morgan fingerprint density at radius 1 is 1.23 bits per heavy atom. The van der Waals surface area contributed by atoms with E-state index in [1.165, 1.54) is 0 Å². The minimum absolute atomic E-state index is 0.0628. The third-order valence-corrected chi connectivity index (χ3v) is 5.38. The van der Waals surface area contributed by atoms with Crippen molar-refractivity contribution in [2.45, 2.75) is 32.7 Å². The van der Waals surface area contributed by atoms with E-state index in [0.717, 1.165) is 48.8 Å². The van der Waals surface area contributed by atoms with Crippen molar-refractivity contribution < 1.29 is 4.79 Å². The van der Waals surface area contributed by atoms with Gasteiger partial charge < -0.3 is 10.2 Å². The Morgan fingerprint density at radius 3 is 2.73 bits per heavy atom. The standard InChI is InChI=1S/C18H22N6OS/c1-12(2)18(25)23-8-5-14(6-9-23)19-15-3-4-16-20-21-17(24(16)22-15)13-7-10-26-11-13/h3-4,7,10-12,14H,5-6,8-9H2,1-2H3,(H,19,22). The molecule has 1 amide bonds. The average Bonchev–Trinajstić information content (AvgIpc) is 3.30. The van der Waals surface area contributed by atoms with Crippen molar-refractivity contribution in [3.8, 4) is 11.4 Å². The Kier molecular flexibility index (Phi) is 4.58. The lowest BCUT2D eigenvalue weighted by molar-refractivity contribution is -0.135. The van der Waals surface area contributed by atoms with Crippen LogP contribution in [0.3, 0.4) is 0 Å². The number of likely N-dealkylation sites (tertiary alicyclic amines) is 1. The molecule has 0 atom stereocenters. The van der Waals surface area contributed by atoms with E-state index in [9.17, 15) is 4.79 Å². The molecule has 1 saturated heterocycles. The molecule has 1 aliphatic heterocycles. The monoisotopic (exact) mass is 370 g/mol. The molecule has 8 heteroatoms. The quantitative estimate of drug-likeness (QED) is 0.764. The first kappa shape index (κ1) is 17.0. The van der Waals surface area contributed by atoms with Gasteiger partial charge >= 0.3 is 0 Å². The second-order valence-electron chi connectivity index (χ2n) is 6.92. The summed E-state index contributed by atoms with van der Waals surface area (Å²) in [4.78, 5) is 14.1. The van der Waals surface area contributed by atoms with Gasteiger partial charge in [-0.2, -0.15) is 15.9 Å². The van der Waals surface area contributed by atoms with Crippen molar-refractivity contribution in [3.05, 3.63) is 29.0 Å². The molecular weight excluding hydrogens is 348 g/mol. The molecule has 0 radical (unpaired) electrons. The van der Waals surface area contributed by atoms with E-state index >= 15 is 0 Å². The summed E-state index contributed by atoms with van der Waals surface area (Å²) in [7, 11) is 0. The maximum Gasteiger partial charge on any atom is 0.225 e. The minimum Gasteiger partial charge on any atom is -0.366 e. The Balaban J connectivity index is 1.47. The highest BCUT2D eigenvalue weighted by Crippen LogP contribution is 2.22. The molecule has 0 aromatic carbocycles. The zero-order valence-electron chi connectivity index (χ0n) is 14.9. The number of nitrogens with one attached hydrogen (secondary N) is 1. The molecule has 0 bridgehead atoms. The Hall–Kier alpha value is -2.48. The van der Waals surface area contributed by atoms with E-state index in [-0.39, 0.29) is 11.8 Å². The van der Waals surface area contributed by atoms with Gasteiger partial charge in [0, 0.05) is 36.0 Å². The molecule has 136 valence electrons. The van der Waals surface area contributed by atoms with Crippen LogP contribution in [0.2, 0.25) is 0 Å². The van der Waals surface area contributed by atoms with Crippen LogP contribution in [0.25, 0.3) is 17.0 Å². The van der Waals surface area contributed by atoms with Crippen LogP contribution in [-0.2, 0) is 4.79 Å². The molecule has 26 heavy (non-hydrogen) atoms. The van der Waals surface area contributed by atoms with Crippen LogP contribution in [0.1, 0.15) is 26.7 Å². The SMILES string of the molecule is CC(C)C(=O)N1CCC(Nc2ccc3nnc(-c4ccsc4)n3n2)CC1. The molecule has 0 saturated carbocycles. The predicted octanol–water partition coefficient (Wildman–Crippen LogP) is 2.91. The van der Waals surface area contributed by atoms with Gasteiger partial charge in [0.1, 0.15) is 5.82 Å². The lowest BCUT2D eigenvalue weighted by atomic mass is 10.0. The summed E-state index contributed by atoms with van der Waals surface area (Å²) in [5.74, 6) is 1.87. The van der Waals surface area contributed by atoms with Crippen molar-refractivity contribution in [3.63, 3.8) is 0 Å². The summed E-state index contributed by atoms with van der Waals surface area (Å²) in [6, 6.07) is 6.20. The Morgan fingerprint density at radius 2 is 2.04 bits per heavy atom. The van der Waals surface area contributed by atoms with Gasteiger partial charge in [0.2, 0.25) is 5.91 Å². The maximum atomic E-state index is 12.1. The summed E-state index contributed by atoms with van der Waals surface area (Å²) in [5, 5.41) is 20.7. The zero-order valence-corrected chi connectivity index (χ0v) is 15.7. The zero-order chi connectivity index (χ0) is 18.1. The average molecular weight is 370 g/mol. The van der Waals surface area contributed by atoms with Gasteiger partial charge in [0.25, 0.3) is 0 Å². The third-order valence-electron chi connectivity index (χ3n) is 4.69. The molecule has 0 unspecified atom stereocenters. The number of rotatable bonds is 4. The molecular formula is C18H22N6OS. The number of hydrogen-bond donors (Lipinski definition) is 1. The van der Waals surface area contributed by atoms with Gasteiger partial charge in [-0.15, -0.1) is 15.3 Å². The van der Waals surface area contributed by atoms with Gasteiger partial charge in [-0.25, -0.2) is 0 Å². The molecule has 1 aliphatic rings. The molecule has 3 aromatic rings. The molecule has 1 N–H and O–H groups in total. The van der Waals surface area contributed by atoms with E-state index in [1.54, 1.807) is 15.9 Å². The number of thiophene rings is 1. The van der Waals surface area contributed by atoms with E-state index in [1.807, 2.05) is 47.7 Å². The van der Waals surface area contributed by atoms with Gasteiger partial charge in [0.15, 0.2) is 11.5 Å². The highest BCUT2D eigenvalue weighted by molar-refractivity contribution is 7.08. The number of aromatic nitrogens is 4. The topological polar surface area (TPSA) is 75.4 Å². The van der Waals surface area contributed by atoms with E-state index in [0.29, 0.717) is 6.04 Å². The van der Waals surface area contributed by atoms with Crippen LogP contribution in [0, 0.1) is 5.92 Å². The van der Waals surface area contributed by atoms with Crippen molar-refractivity contribution in [1.29, 1.82) is 0 Å². The number of nitrogens with zero attached hydrogens (tertiary/aromatic N) is 5. The minimum atomic E-state index is 0.0628. The fourth-order valence-corrected chi connectivity index (χ4v) is 3.89. The lowest BCUT2D eigenvalue weighted by Gasteiger charge is -2.33. The number of carbonyl (C=O) groups is 1. The first-order valence-corrected chi connectivity index (χ1v) is 9.86. The summed E-state index contributed by atoms with van der Waals surface area (Å²) in [5.41, 5.74) is 1.75. The fraction of sp³-hybridized carbons (Fsp3) is 0.444. The molecule has 1 fully saturated rings. The largest absolute Gasteiger partial charge is 0.366 e. The van der Waals surface area contributed by atoms with E-state index in [2.05, 4.69) is 20.6 Å². The van der Waals surface area contributed by atoms with Gasteiger partial charge in [-0.1, -0.05) is 13.8 Å². The first-order chi connectivity index (χ1) is 12.6. The normalized spacial score (nSPS) is 15.7. The molecule has 4 rings (SSSR count). The second kappa shape index (κ2) is 7.03. The number of carbonyl (C=O) groups excluding carboxylic acids is 1. The van der Waals surface area contributed by atoms with Crippen LogP contribution in [-0.4, -0.2) is 49.7 Å². The van der Waals surface area contributed by atoms with Crippen molar-refractivity contribution in [1.82, 2.24) is 24.7 Å².